The molecule has 1 amide bonds. The number of carbonyl (C=O) groups is 1. The minimum atomic E-state index is -0.948. The molecule has 1 aromatic carbocycles. The summed E-state index contributed by atoms with van der Waals surface area (Å²) in [5.74, 6) is -0.0539. The quantitative estimate of drug-likeness (QED) is 0.407. The number of nitrogens with one attached hydrogen (secondary N) is 1. The maximum absolute atomic E-state index is 14.5. The molecule has 3 aliphatic rings. The fourth-order valence-electron chi connectivity index (χ4n) is 5.38. The van der Waals surface area contributed by atoms with Crippen LogP contribution < -0.4 is 16.0 Å². The number of pyridine rings is 1. The van der Waals surface area contributed by atoms with Crippen LogP contribution in [0.5, 0.6) is 5.88 Å². The number of aliphatic imine (C=N–C) groups is 3. The lowest BCUT2D eigenvalue weighted by Gasteiger charge is -2.36. The van der Waals surface area contributed by atoms with E-state index in [-0.39, 0.29) is 36.9 Å². The van der Waals surface area contributed by atoms with E-state index in [0.29, 0.717) is 61.4 Å². The second kappa shape index (κ2) is 12.7. The SMILES string of the molecule is COc1cccc(-c2cc(F)ccc2C2C[C@H]3N=C(N)N=C(C)C3C(NOC(CCO)C(=O)N3CCOCC3)=N2)n1. The molecule has 3 aliphatic heterocycles. The summed E-state index contributed by atoms with van der Waals surface area (Å²) in [6, 6.07) is 8.97. The zero-order valence-electron chi connectivity index (χ0n) is 23.0. The van der Waals surface area contributed by atoms with Crippen LogP contribution in [0.4, 0.5) is 4.39 Å². The van der Waals surface area contributed by atoms with E-state index in [1.54, 1.807) is 29.2 Å². The van der Waals surface area contributed by atoms with E-state index in [0.717, 1.165) is 5.56 Å². The third kappa shape index (κ3) is 6.37. The number of aromatic nitrogens is 1. The van der Waals surface area contributed by atoms with Crippen molar-refractivity contribution in [2.45, 2.75) is 38.0 Å². The summed E-state index contributed by atoms with van der Waals surface area (Å²) in [5.41, 5.74) is 11.5. The molecule has 3 unspecified atom stereocenters. The number of carbonyl (C=O) groups excluding carboxylic acids is 1. The number of nitrogens with zero attached hydrogens (tertiary/aromatic N) is 5. The van der Waals surface area contributed by atoms with Crippen LogP contribution >= 0.6 is 0 Å². The highest BCUT2D eigenvalue weighted by molar-refractivity contribution is 6.11. The van der Waals surface area contributed by atoms with Gasteiger partial charge in [-0.25, -0.2) is 19.4 Å². The van der Waals surface area contributed by atoms with Crippen molar-refractivity contribution in [1.82, 2.24) is 15.4 Å². The Morgan fingerprint density at radius 1 is 1.27 bits per heavy atom. The van der Waals surface area contributed by atoms with Crippen molar-refractivity contribution < 1.29 is 28.6 Å². The number of methoxy groups -OCH3 is 1. The Bertz CT molecular complexity index is 1360. The number of halogens is 1. The Labute approximate surface area is 237 Å². The number of hydrogen-bond donors (Lipinski definition) is 3. The van der Waals surface area contributed by atoms with E-state index in [9.17, 15) is 14.3 Å². The fraction of sp³-hybridized carbons (Fsp3) is 0.464. The van der Waals surface area contributed by atoms with Crippen molar-refractivity contribution in [3.8, 4) is 17.1 Å². The first-order valence-electron chi connectivity index (χ1n) is 13.5. The van der Waals surface area contributed by atoms with Crippen LogP contribution in [0.3, 0.4) is 0 Å². The van der Waals surface area contributed by atoms with Crippen molar-refractivity contribution in [2.24, 2.45) is 26.6 Å². The van der Waals surface area contributed by atoms with Crippen LogP contribution in [0, 0.1) is 11.7 Å². The first-order chi connectivity index (χ1) is 19.9. The Hall–Kier alpha value is -3.94. The van der Waals surface area contributed by atoms with Crippen LogP contribution in [0.15, 0.2) is 51.4 Å². The Morgan fingerprint density at radius 3 is 2.83 bits per heavy atom. The van der Waals surface area contributed by atoms with Crippen molar-refractivity contribution in [2.75, 3.05) is 40.0 Å². The molecule has 2 aromatic rings. The van der Waals surface area contributed by atoms with Gasteiger partial charge in [0, 0.05) is 43.5 Å². The van der Waals surface area contributed by atoms with Gasteiger partial charge in [0.2, 0.25) is 11.8 Å². The minimum Gasteiger partial charge on any atom is -0.481 e. The van der Waals surface area contributed by atoms with Crippen molar-refractivity contribution in [3.05, 3.63) is 47.8 Å². The van der Waals surface area contributed by atoms with Gasteiger partial charge in [0.05, 0.1) is 44.0 Å². The molecule has 1 aromatic heterocycles. The van der Waals surface area contributed by atoms with Gasteiger partial charge in [-0.2, -0.15) is 0 Å². The molecule has 0 spiro atoms. The van der Waals surface area contributed by atoms with Gasteiger partial charge in [-0.15, -0.1) is 0 Å². The molecule has 218 valence electrons. The lowest BCUT2D eigenvalue weighted by Crippen LogP contribution is -2.51. The van der Waals surface area contributed by atoms with E-state index < -0.39 is 18.0 Å². The Morgan fingerprint density at radius 2 is 2.07 bits per heavy atom. The molecule has 0 bridgehead atoms. The first-order valence-corrected chi connectivity index (χ1v) is 13.5. The number of guanidine groups is 1. The molecule has 13 heteroatoms. The summed E-state index contributed by atoms with van der Waals surface area (Å²) in [6.45, 7) is 3.38. The first kappa shape index (κ1) is 28.6. The molecular weight excluding hydrogens is 533 g/mol. The number of nitrogens with two attached hydrogens (primary N) is 1. The van der Waals surface area contributed by atoms with Crippen molar-refractivity contribution in [3.63, 3.8) is 0 Å². The Balaban J connectivity index is 1.48. The molecule has 1 fully saturated rings. The fourth-order valence-corrected chi connectivity index (χ4v) is 5.38. The highest BCUT2D eigenvalue weighted by Gasteiger charge is 2.40. The number of amidine groups is 1. The number of rotatable bonds is 8. The minimum absolute atomic E-state index is 0.0930. The molecule has 1 saturated heterocycles. The van der Waals surface area contributed by atoms with Gasteiger partial charge in [-0.05, 0) is 37.1 Å². The lowest BCUT2D eigenvalue weighted by atomic mass is 9.82. The molecule has 0 aliphatic carbocycles. The maximum atomic E-state index is 14.5. The number of hydroxylamine groups is 1. The second-order valence-electron chi connectivity index (χ2n) is 10.0. The van der Waals surface area contributed by atoms with Crippen LogP contribution in [-0.4, -0.2) is 90.6 Å². The average Bonchev–Trinajstić information content (AvgIpc) is 2.98. The lowest BCUT2D eigenvalue weighted by molar-refractivity contribution is -0.152. The Kier molecular flexibility index (Phi) is 8.86. The summed E-state index contributed by atoms with van der Waals surface area (Å²) in [5, 5.41) is 9.64. The molecule has 4 N–H and O–H groups in total. The summed E-state index contributed by atoms with van der Waals surface area (Å²) in [7, 11) is 1.52. The zero-order valence-corrected chi connectivity index (χ0v) is 23.0. The van der Waals surface area contributed by atoms with E-state index in [2.05, 4.69) is 20.4 Å². The maximum Gasteiger partial charge on any atom is 0.254 e. The van der Waals surface area contributed by atoms with Crippen molar-refractivity contribution in [1.29, 1.82) is 0 Å². The number of amides is 1. The number of fused-ring (bicyclic) bond motifs is 1. The molecule has 41 heavy (non-hydrogen) atoms. The van der Waals surface area contributed by atoms with Crippen LogP contribution in [0.2, 0.25) is 0 Å². The van der Waals surface area contributed by atoms with Crippen LogP contribution in [0.25, 0.3) is 11.3 Å². The number of hydrogen-bond acceptors (Lipinski definition) is 11. The van der Waals surface area contributed by atoms with Gasteiger partial charge in [0.1, 0.15) is 11.7 Å². The number of aliphatic hydroxyl groups excluding tert-OH is 1. The third-order valence-corrected chi connectivity index (χ3v) is 7.36. The highest BCUT2D eigenvalue weighted by atomic mass is 19.1. The largest absolute Gasteiger partial charge is 0.481 e. The van der Waals surface area contributed by atoms with E-state index in [4.69, 9.17) is 25.0 Å². The van der Waals surface area contributed by atoms with Gasteiger partial charge in [-0.1, -0.05) is 12.1 Å². The molecule has 5 rings (SSSR count). The monoisotopic (exact) mass is 567 g/mol. The van der Waals surface area contributed by atoms with E-state index in [1.807, 2.05) is 6.92 Å². The van der Waals surface area contributed by atoms with Gasteiger partial charge in [0.15, 0.2) is 6.10 Å². The zero-order chi connectivity index (χ0) is 28.9. The molecular formula is C28H34FN7O5. The third-order valence-electron chi connectivity index (χ3n) is 7.36. The number of aliphatic hydroxyl groups is 1. The summed E-state index contributed by atoms with van der Waals surface area (Å²) in [4.78, 5) is 39.2. The molecule has 4 heterocycles. The average molecular weight is 568 g/mol. The molecule has 4 atom stereocenters. The molecule has 0 radical (unpaired) electrons. The smallest absolute Gasteiger partial charge is 0.254 e. The van der Waals surface area contributed by atoms with E-state index in [1.165, 1.54) is 19.2 Å². The van der Waals surface area contributed by atoms with Crippen LogP contribution in [-0.2, 0) is 14.4 Å². The number of morpholine rings is 1. The number of ether oxygens (including phenoxy) is 2. The van der Waals surface area contributed by atoms with Gasteiger partial charge in [-0.3, -0.25) is 20.1 Å². The molecule has 0 saturated carbocycles. The van der Waals surface area contributed by atoms with E-state index >= 15 is 0 Å². The molecule has 12 nitrogen and oxygen atoms in total. The van der Waals surface area contributed by atoms with Gasteiger partial charge < -0.3 is 25.2 Å². The predicted molar refractivity (Wildman–Crippen MR) is 150 cm³/mol. The number of benzene rings is 1. The van der Waals surface area contributed by atoms with Gasteiger partial charge in [0.25, 0.3) is 5.91 Å². The summed E-state index contributed by atoms with van der Waals surface area (Å²) in [6.07, 6.45) is -0.384. The van der Waals surface area contributed by atoms with Crippen LogP contribution in [0.1, 0.15) is 31.4 Å². The van der Waals surface area contributed by atoms with Crippen molar-refractivity contribution >= 4 is 23.4 Å². The topological polar surface area (TPSA) is 156 Å². The summed E-state index contributed by atoms with van der Waals surface area (Å²) >= 11 is 0. The highest BCUT2D eigenvalue weighted by Crippen LogP contribution is 2.39. The summed E-state index contributed by atoms with van der Waals surface area (Å²) < 4.78 is 25.1. The normalized spacial score (nSPS) is 23.1. The predicted octanol–water partition coefficient (Wildman–Crippen LogP) is 1.64. The second-order valence-corrected chi connectivity index (χ2v) is 10.0. The standard InChI is InChI=1S/C28H34FN7O5/c1-16-25-22(34-28(30)31-16)15-21(18-7-6-17(29)14-19(18)20-4-3-5-24(32-20)39-2)33-26(25)35-41-23(8-11-37)27(38)36-9-12-40-13-10-36/h3-7,14,21-23,25,37H,8-13,15H2,1-2H3,(H2,30,34)(H,33,35)/t21?,22-,23?,25?/m1/s1. The van der Waals surface area contributed by atoms with Gasteiger partial charge >= 0.3 is 0 Å².